The molecule has 0 bridgehead atoms. The Labute approximate surface area is 235 Å². The minimum absolute atomic E-state index is 0.0149. The summed E-state index contributed by atoms with van der Waals surface area (Å²) in [5.41, 5.74) is 0.219. The predicted molar refractivity (Wildman–Crippen MR) is 155 cm³/mol. The molecule has 9 nitrogen and oxygen atoms in total. The second kappa shape index (κ2) is 13.8. The van der Waals surface area contributed by atoms with Crippen LogP contribution in [0.15, 0.2) is 66.7 Å². The van der Waals surface area contributed by atoms with Crippen molar-refractivity contribution in [1.29, 1.82) is 0 Å². The van der Waals surface area contributed by atoms with Crippen molar-refractivity contribution in [2.75, 3.05) is 18.5 Å². The van der Waals surface area contributed by atoms with E-state index in [1.54, 1.807) is 39.0 Å². The molecule has 0 radical (unpaired) electrons. The third-order valence-electron chi connectivity index (χ3n) is 6.24. The smallest absolute Gasteiger partial charge is 0.408 e. The molecule has 0 aromatic heterocycles. The van der Waals surface area contributed by atoms with Gasteiger partial charge in [0.05, 0.1) is 6.61 Å². The van der Waals surface area contributed by atoms with Crippen LogP contribution in [-0.4, -0.2) is 57.8 Å². The molecule has 40 heavy (non-hydrogen) atoms. The van der Waals surface area contributed by atoms with Gasteiger partial charge in [-0.3, -0.25) is 9.59 Å². The van der Waals surface area contributed by atoms with E-state index < -0.39 is 42.2 Å². The molecule has 2 atom stereocenters. The summed E-state index contributed by atoms with van der Waals surface area (Å²) < 4.78 is 5.28. The summed E-state index contributed by atoms with van der Waals surface area (Å²) in [4.78, 5) is 41.6. The summed E-state index contributed by atoms with van der Waals surface area (Å²) >= 11 is 0. The van der Waals surface area contributed by atoms with Gasteiger partial charge in [0, 0.05) is 12.2 Å². The maximum Gasteiger partial charge on any atom is 0.408 e. The fourth-order valence-electron chi connectivity index (χ4n) is 4.34. The number of hydrogen-bond donors (Lipinski definition) is 4. The monoisotopic (exact) mass is 549 g/mol. The Balaban J connectivity index is 1.98. The van der Waals surface area contributed by atoms with E-state index in [0.717, 1.165) is 23.6 Å². The number of aliphatic hydroxyl groups excluding tert-OH is 1. The van der Waals surface area contributed by atoms with Gasteiger partial charge in [0.1, 0.15) is 23.4 Å². The van der Waals surface area contributed by atoms with Crippen molar-refractivity contribution in [3.8, 4) is 5.75 Å². The molecule has 0 aliphatic carbocycles. The van der Waals surface area contributed by atoms with E-state index in [1.807, 2.05) is 43.3 Å². The van der Waals surface area contributed by atoms with Gasteiger partial charge in [0.25, 0.3) is 5.91 Å². The molecule has 3 aromatic carbocycles. The van der Waals surface area contributed by atoms with Crippen LogP contribution in [-0.2, 0) is 14.3 Å². The van der Waals surface area contributed by atoms with E-state index in [-0.39, 0.29) is 12.3 Å². The van der Waals surface area contributed by atoms with E-state index in [2.05, 4.69) is 10.6 Å². The van der Waals surface area contributed by atoms with Crippen LogP contribution in [0.2, 0.25) is 0 Å². The lowest BCUT2D eigenvalue weighted by Crippen LogP contribution is -2.54. The number of benzene rings is 3. The summed E-state index contributed by atoms with van der Waals surface area (Å²) in [6.07, 6.45) is 1.44. The molecule has 0 saturated carbocycles. The highest BCUT2D eigenvalue weighted by molar-refractivity contribution is 6.00. The molecule has 0 fully saturated rings. The van der Waals surface area contributed by atoms with Gasteiger partial charge in [-0.05, 0) is 67.8 Å². The highest BCUT2D eigenvalue weighted by Gasteiger charge is 2.36. The summed E-state index contributed by atoms with van der Waals surface area (Å²) in [5.74, 6) is -1.09. The third kappa shape index (κ3) is 8.44. The number of phenols is 1. The topological polar surface area (TPSA) is 128 Å². The number of nitrogens with zero attached hydrogens (tertiary/aromatic N) is 1. The predicted octanol–water partition coefficient (Wildman–Crippen LogP) is 5.13. The third-order valence-corrected chi connectivity index (χ3v) is 6.24. The van der Waals surface area contributed by atoms with Crippen molar-refractivity contribution < 1.29 is 29.3 Å². The number of carbonyl (C=O) groups is 3. The van der Waals surface area contributed by atoms with Gasteiger partial charge in [-0.1, -0.05) is 62.2 Å². The van der Waals surface area contributed by atoms with Crippen molar-refractivity contribution in [1.82, 2.24) is 10.2 Å². The Hall–Kier alpha value is -4.11. The molecule has 0 aliphatic heterocycles. The van der Waals surface area contributed by atoms with Crippen LogP contribution in [0.25, 0.3) is 10.8 Å². The molecule has 9 heteroatoms. The number of anilines is 1. The van der Waals surface area contributed by atoms with Crippen LogP contribution >= 0.6 is 0 Å². The van der Waals surface area contributed by atoms with E-state index >= 15 is 0 Å². The van der Waals surface area contributed by atoms with E-state index in [1.165, 1.54) is 17.0 Å². The maximum absolute atomic E-state index is 13.9. The summed E-state index contributed by atoms with van der Waals surface area (Å²) in [6.45, 7) is 6.62. The molecule has 4 N–H and O–H groups in total. The zero-order chi connectivity index (χ0) is 29.3. The molecule has 0 saturated heterocycles. The molecule has 0 heterocycles. The minimum atomic E-state index is -1.33. The molecule has 3 aromatic rings. The second-order valence-electron chi connectivity index (χ2n) is 10.7. The lowest BCUT2D eigenvalue weighted by molar-refractivity contribution is -0.141. The number of aliphatic hydroxyl groups is 1. The first-order valence-corrected chi connectivity index (χ1v) is 13.5. The number of rotatable bonds is 11. The van der Waals surface area contributed by atoms with Crippen LogP contribution in [0.3, 0.4) is 0 Å². The van der Waals surface area contributed by atoms with Crippen molar-refractivity contribution >= 4 is 34.4 Å². The largest absolute Gasteiger partial charge is 0.508 e. The number of unbranched alkanes of at least 4 members (excludes halogenated alkanes) is 2. The van der Waals surface area contributed by atoms with Gasteiger partial charge in [-0.2, -0.15) is 0 Å². The number of hydrogen-bond acceptors (Lipinski definition) is 6. The quantitative estimate of drug-likeness (QED) is 0.246. The van der Waals surface area contributed by atoms with Crippen molar-refractivity contribution in [2.24, 2.45) is 0 Å². The average molecular weight is 550 g/mol. The molecular weight excluding hydrogens is 510 g/mol. The standard InChI is InChI=1S/C31H39N3O6/c1-5-6-9-18-34(29(38)26(20-35)33-30(39)40-31(2,3)4)27(22-13-16-25(36)17-14-22)28(37)32-24-15-12-21-10-7-8-11-23(21)19-24/h7-8,10-17,19,26-27,35-36H,5-6,9,18,20H2,1-4H3,(H,32,37)(H,33,39). The SMILES string of the molecule is CCCCCN(C(=O)C(CO)NC(=O)OC(C)(C)C)C(C(=O)Nc1ccc2ccccc2c1)c1ccc(O)cc1. The number of aromatic hydroxyl groups is 1. The number of carbonyl (C=O) groups excluding carboxylic acids is 3. The van der Waals surface area contributed by atoms with Crippen molar-refractivity contribution in [3.05, 3.63) is 72.3 Å². The number of ether oxygens (including phenoxy) is 1. The van der Waals surface area contributed by atoms with Crippen LogP contribution < -0.4 is 10.6 Å². The zero-order valence-corrected chi connectivity index (χ0v) is 23.5. The fourth-order valence-corrected chi connectivity index (χ4v) is 4.34. The summed E-state index contributed by atoms with van der Waals surface area (Å²) in [5, 5.41) is 27.3. The number of amides is 3. The van der Waals surface area contributed by atoms with Crippen molar-refractivity contribution in [2.45, 2.75) is 64.6 Å². The molecule has 2 unspecified atom stereocenters. The van der Waals surface area contributed by atoms with Gasteiger partial charge in [0.2, 0.25) is 5.91 Å². The lowest BCUT2D eigenvalue weighted by Gasteiger charge is -2.34. The fraction of sp³-hybridized carbons (Fsp3) is 0.387. The van der Waals surface area contributed by atoms with Gasteiger partial charge < -0.3 is 30.5 Å². The highest BCUT2D eigenvalue weighted by atomic mass is 16.6. The van der Waals surface area contributed by atoms with Gasteiger partial charge in [0.15, 0.2) is 0 Å². The first-order chi connectivity index (χ1) is 19.0. The number of fused-ring (bicyclic) bond motifs is 1. The second-order valence-corrected chi connectivity index (χ2v) is 10.7. The summed E-state index contributed by atoms with van der Waals surface area (Å²) in [7, 11) is 0. The first-order valence-electron chi connectivity index (χ1n) is 13.5. The molecular formula is C31H39N3O6. The van der Waals surface area contributed by atoms with Crippen LogP contribution in [0.4, 0.5) is 10.5 Å². The first kappa shape index (κ1) is 30.4. The highest BCUT2D eigenvalue weighted by Crippen LogP contribution is 2.27. The molecule has 214 valence electrons. The Kier molecular flexibility index (Phi) is 10.5. The van der Waals surface area contributed by atoms with E-state index in [4.69, 9.17) is 4.74 Å². The molecule has 3 rings (SSSR count). The molecule has 3 amide bonds. The van der Waals surface area contributed by atoms with Gasteiger partial charge >= 0.3 is 6.09 Å². The normalized spacial score (nSPS) is 12.8. The van der Waals surface area contributed by atoms with Crippen LogP contribution in [0.5, 0.6) is 5.75 Å². The van der Waals surface area contributed by atoms with Crippen molar-refractivity contribution in [3.63, 3.8) is 0 Å². The van der Waals surface area contributed by atoms with E-state index in [0.29, 0.717) is 17.7 Å². The zero-order valence-electron chi connectivity index (χ0n) is 23.5. The summed E-state index contributed by atoms with van der Waals surface area (Å²) in [6, 6.07) is 16.9. The lowest BCUT2D eigenvalue weighted by atomic mass is 10.0. The molecule has 0 aliphatic rings. The van der Waals surface area contributed by atoms with Crippen LogP contribution in [0.1, 0.15) is 58.6 Å². The number of alkyl carbamates (subject to hydrolysis) is 1. The Bertz CT molecular complexity index is 1300. The average Bonchev–Trinajstić information content (AvgIpc) is 2.90. The van der Waals surface area contributed by atoms with Crippen LogP contribution in [0, 0.1) is 0 Å². The van der Waals surface area contributed by atoms with E-state index in [9.17, 15) is 24.6 Å². The van der Waals surface area contributed by atoms with Gasteiger partial charge in [-0.15, -0.1) is 0 Å². The Morgan fingerprint density at radius 1 is 0.950 bits per heavy atom. The number of nitrogens with one attached hydrogen (secondary N) is 2. The maximum atomic E-state index is 13.9. The minimum Gasteiger partial charge on any atom is -0.508 e. The van der Waals surface area contributed by atoms with Gasteiger partial charge in [-0.25, -0.2) is 4.79 Å². The molecule has 0 spiro atoms. The Morgan fingerprint density at radius 2 is 1.62 bits per heavy atom. The Morgan fingerprint density at radius 3 is 2.25 bits per heavy atom. The number of phenolic OH excluding ortho intramolecular Hbond substituents is 1.